The summed E-state index contributed by atoms with van der Waals surface area (Å²) in [4.78, 5) is 24.8. The Labute approximate surface area is 142 Å². The van der Waals surface area contributed by atoms with Crippen molar-refractivity contribution in [3.05, 3.63) is 52.4 Å². The number of benzene rings is 1. The number of carbonyl (C=O) groups excluding carboxylic acids is 2. The molecule has 0 atom stereocenters. The van der Waals surface area contributed by atoms with Crippen molar-refractivity contribution in [3.63, 3.8) is 0 Å². The molecule has 2 aromatic rings. The Balaban J connectivity index is 1.66. The molecule has 0 saturated heterocycles. The second kappa shape index (κ2) is 6.26. The molecule has 2 N–H and O–H groups in total. The van der Waals surface area contributed by atoms with Gasteiger partial charge >= 0.3 is 0 Å². The summed E-state index contributed by atoms with van der Waals surface area (Å²) < 4.78 is 5.15. The molecule has 23 heavy (non-hydrogen) atoms. The standard InChI is InChI=1S/C16H14Cl2N2O3/c17-10-3-4-12(18)13(8-10)20-15(22)16(5-6-16)14(21)19-9-11-2-1-7-23-11/h1-4,7-8H,5-6,9H2,(H,19,21)(H,20,22). The van der Waals surface area contributed by atoms with Crippen LogP contribution in [0.3, 0.4) is 0 Å². The van der Waals surface area contributed by atoms with Crippen molar-refractivity contribution in [3.8, 4) is 0 Å². The van der Waals surface area contributed by atoms with Gasteiger partial charge in [-0.05, 0) is 43.2 Å². The summed E-state index contributed by atoms with van der Waals surface area (Å²) in [7, 11) is 0. The van der Waals surface area contributed by atoms with Gasteiger partial charge in [0.25, 0.3) is 0 Å². The van der Waals surface area contributed by atoms with Crippen LogP contribution in [0.25, 0.3) is 0 Å². The number of rotatable bonds is 5. The second-order valence-electron chi connectivity index (χ2n) is 5.42. The molecule has 1 heterocycles. The van der Waals surface area contributed by atoms with Gasteiger partial charge < -0.3 is 15.1 Å². The van der Waals surface area contributed by atoms with E-state index in [2.05, 4.69) is 10.6 Å². The molecule has 7 heteroatoms. The first-order chi connectivity index (χ1) is 11.0. The molecule has 1 aliphatic carbocycles. The molecule has 0 unspecified atom stereocenters. The second-order valence-corrected chi connectivity index (χ2v) is 6.27. The normalized spacial score (nSPS) is 15.0. The zero-order valence-electron chi connectivity index (χ0n) is 12.1. The highest BCUT2D eigenvalue weighted by atomic mass is 35.5. The van der Waals surface area contributed by atoms with Crippen LogP contribution in [0.2, 0.25) is 10.0 Å². The quantitative estimate of drug-likeness (QED) is 0.807. The van der Waals surface area contributed by atoms with Crippen molar-refractivity contribution in [2.45, 2.75) is 19.4 Å². The minimum Gasteiger partial charge on any atom is -0.467 e. The highest BCUT2D eigenvalue weighted by Crippen LogP contribution is 2.47. The number of anilines is 1. The number of hydrogen-bond acceptors (Lipinski definition) is 3. The summed E-state index contributed by atoms with van der Waals surface area (Å²) in [6.45, 7) is 0.249. The molecule has 1 aliphatic rings. The van der Waals surface area contributed by atoms with Crippen LogP contribution < -0.4 is 10.6 Å². The van der Waals surface area contributed by atoms with Crippen molar-refractivity contribution < 1.29 is 14.0 Å². The fraction of sp³-hybridized carbons (Fsp3) is 0.250. The van der Waals surface area contributed by atoms with Crippen LogP contribution in [0.4, 0.5) is 5.69 Å². The summed E-state index contributed by atoms with van der Waals surface area (Å²) in [5.74, 6) is -0.0596. The van der Waals surface area contributed by atoms with E-state index < -0.39 is 5.41 Å². The predicted molar refractivity (Wildman–Crippen MR) is 87.3 cm³/mol. The lowest BCUT2D eigenvalue weighted by atomic mass is 10.0. The Hall–Kier alpha value is -1.98. The van der Waals surface area contributed by atoms with Crippen molar-refractivity contribution in [1.29, 1.82) is 0 Å². The zero-order valence-corrected chi connectivity index (χ0v) is 13.6. The number of carbonyl (C=O) groups is 2. The van der Waals surface area contributed by atoms with E-state index in [0.29, 0.717) is 34.3 Å². The van der Waals surface area contributed by atoms with Gasteiger partial charge in [-0.15, -0.1) is 0 Å². The van der Waals surface area contributed by atoms with E-state index in [1.54, 1.807) is 30.3 Å². The third-order valence-electron chi connectivity index (χ3n) is 3.80. The summed E-state index contributed by atoms with van der Waals surface area (Å²) in [6, 6.07) is 8.27. The number of halogens is 2. The van der Waals surface area contributed by atoms with Gasteiger partial charge in [-0.3, -0.25) is 9.59 Å². The molecule has 1 fully saturated rings. The van der Waals surface area contributed by atoms with Crippen LogP contribution in [0.5, 0.6) is 0 Å². The Morgan fingerprint density at radius 1 is 1.17 bits per heavy atom. The van der Waals surface area contributed by atoms with E-state index in [9.17, 15) is 9.59 Å². The number of amides is 2. The number of furan rings is 1. The predicted octanol–water partition coefficient (Wildman–Crippen LogP) is 3.62. The first-order valence-corrected chi connectivity index (χ1v) is 7.84. The minimum absolute atomic E-state index is 0.249. The molecular formula is C16H14Cl2N2O3. The Kier molecular flexibility index (Phi) is 4.33. The van der Waals surface area contributed by atoms with E-state index >= 15 is 0 Å². The van der Waals surface area contributed by atoms with Crippen molar-refractivity contribution in [1.82, 2.24) is 5.32 Å². The maximum atomic E-state index is 12.5. The van der Waals surface area contributed by atoms with E-state index in [-0.39, 0.29) is 18.4 Å². The van der Waals surface area contributed by atoms with Crippen molar-refractivity contribution in [2.24, 2.45) is 5.41 Å². The van der Waals surface area contributed by atoms with Crippen LogP contribution in [0.15, 0.2) is 41.0 Å². The lowest BCUT2D eigenvalue weighted by Crippen LogP contribution is -2.39. The van der Waals surface area contributed by atoms with Crippen LogP contribution in [-0.2, 0) is 16.1 Å². The molecule has 120 valence electrons. The Bertz CT molecular complexity index is 740. The van der Waals surface area contributed by atoms with E-state index in [1.807, 2.05) is 0 Å². The summed E-state index contributed by atoms with van der Waals surface area (Å²) in [6.07, 6.45) is 2.53. The molecule has 2 amide bonds. The molecule has 1 saturated carbocycles. The first-order valence-electron chi connectivity index (χ1n) is 7.08. The van der Waals surface area contributed by atoms with E-state index in [1.165, 1.54) is 6.26 Å². The highest BCUT2D eigenvalue weighted by molar-refractivity contribution is 6.36. The Morgan fingerprint density at radius 3 is 2.61 bits per heavy atom. The van der Waals surface area contributed by atoms with Crippen LogP contribution >= 0.6 is 23.2 Å². The lowest BCUT2D eigenvalue weighted by molar-refractivity contribution is -0.134. The molecular weight excluding hydrogens is 339 g/mol. The molecule has 3 rings (SSSR count). The molecule has 0 spiro atoms. The molecule has 1 aromatic heterocycles. The van der Waals surface area contributed by atoms with E-state index in [0.717, 1.165) is 0 Å². The van der Waals surface area contributed by atoms with Gasteiger partial charge in [-0.1, -0.05) is 23.2 Å². The van der Waals surface area contributed by atoms with Crippen LogP contribution in [0.1, 0.15) is 18.6 Å². The highest BCUT2D eigenvalue weighted by Gasteiger charge is 2.56. The largest absolute Gasteiger partial charge is 0.467 e. The molecule has 5 nitrogen and oxygen atoms in total. The lowest BCUT2D eigenvalue weighted by Gasteiger charge is -2.15. The van der Waals surface area contributed by atoms with Gasteiger partial charge in [0, 0.05) is 5.02 Å². The Morgan fingerprint density at radius 2 is 1.96 bits per heavy atom. The van der Waals surface area contributed by atoms with Gasteiger partial charge in [-0.2, -0.15) is 0 Å². The molecule has 0 radical (unpaired) electrons. The van der Waals surface area contributed by atoms with Gasteiger partial charge in [-0.25, -0.2) is 0 Å². The fourth-order valence-corrected chi connectivity index (χ4v) is 2.60. The minimum atomic E-state index is -1.04. The SMILES string of the molecule is O=C(NCc1ccco1)C1(C(=O)Nc2cc(Cl)ccc2Cl)CC1. The molecule has 0 bridgehead atoms. The van der Waals surface area contributed by atoms with E-state index in [4.69, 9.17) is 27.6 Å². The summed E-state index contributed by atoms with van der Waals surface area (Å²) >= 11 is 11.9. The van der Waals surface area contributed by atoms with Gasteiger partial charge in [0.2, 0.25) is 11.8 Å². The summed E-state index contributed by atoms with van der Waals surface area (Å²) in [5.41, 5.74) is -0.646. The molecule has 1 aromatic carbocycles. The van der Waals surface area contributed by atoms with Crippen molar-refractivity contribution in [2.75, 3.05) is 5.32 Å². The maximum absolute atomic E-state index is 12.5. The van der Waals surface area contributed by atoms with Gasteiger partial charge in [0.15, 0.2) is 0 Å². The summed E-state index contributed by atoms with van der Waals surface area (Å²) in [5, 5.41) is 6.24. The monoisotopic (exact) mass is 352 g/mol. The zero-order chi connectivity index (χ0) is 16.4. The number of hydrogen-bond donors (Lipinski definition) is 2. The van der Waals surface area contributed by atoms with Crippen LogP contribution in [0, 0.1) is 5.41 Å². The average Bonchev–Trinajstić information content (AvgIpc) is 3.18. The maximum Gasteiger partial charge on any atom is 0.240 e. The topological polar surface area (TPSA) is 71.3 Å². The third kappa shape index (κ3) is 3.35. The average molecular weight is 353 g/mol. The first kappa shape index (κ1) is 15.9. The van der Waals surface area contributed by atoms with Gasteiger partial charge in [0.05, 0.1) is 23.5 Å². The number of nitrogens with one attached hydrogen (secondary N) is 2. The molecule has 0 aliphatic heterocycles. The van der Waals surface area contributed by atoms with Gasteiger partial charge in [0.1, 0.15) is 11.2 Å². The third-order valence-corrected chi connectivity index (χ3v) is 4.36. The smallest absolute Gasteiger partial charge is 0.240 e. The van der Waals surface area contributed by atoms with Crippen molar-refractivity contribution >= 4 is 40.7 Å². The fourth-order valence-electron chi connectivity index (χ4n) is 2.27. The van der Waals surface area contributed by atoms with Crippen LogP contribution in [-0.4, -0.2) is 11.8 Å².